The molecule has 60 valence electrons. The van der Waals surface area contributed by atoms with Gasteiger partial charge in [-0.15, -0.1) is 0 Å². The first-order valence-corrected chi connectivity index (χ1v) is 5.02. The maximum atomic E-state index is 9.16. The highest BCUT2D eigenvalue weighted by molar-refractivity contribution is 7.96. The lowest BCUT2D eigenvalue weighted by molar-refractivity contribution is 0.121. The summed E-state index contributed by atoms with van der Waals surface area (Å²) in [6, 6.07) is 0.637. The van der Waals surface area contributed by atoms with Crippen molar-refractivity contribution in [2.45, 2.75) is 37.8 Å². The summed E-state index contributed by atoms with van der Waals surface area (Å²) in [5.74, 6) is 0. The number of aliphatic hydroxyl groups is 1. The molecule has 0 aromatic rings. The highest BCUT2D eigenvalue weighted by atomic mass is 32.2. The molecule has 1 saturated carbocycles. The number of nitrogens with one attached hydrogen (secondary N) is 1. The Morgan fingerprint density at radius 2 is 1.90 bits per heavy atom. The first-order chi connectivity index (χ1) is 4.83. The van der Waals surface area contributed by atoms with Crippen molar-refractivity contribution in [3.63, 3.8) is 0 Å². The molecule has 2 nitrogen and oxygen atoms in total. The molecule has 1 fully saturated rings. The molecule has 0 bridgehead atoms. The van der Waals surface area contributed by atoms with E-state index in [-0.39, 0.29) is 6.10 Å². The van der Waals surface area contributed by atoms with Crippen LogP contribution >= 0.6 is 11.9 Å². The van der Waals surface area contributed by atoms with E-state index >= 15 is 0 Å². The van der Waals surface area contributed by atoms with Crippen LogP contribution in [0.3, 0.4) is 0 Å². The topological polar surface area (TPSA) is 32.3 Å². The minimum atomic E-state index is -0.0279. The zero-order valence-corrected chi connectivity index (χ0v) is 7.16. The summed E-state index contributed by atoms with van der Waals surface area (Å²) in [6.45, 7) is 0. The van der Waals surface area contributed by atoms with E-state index in [0.717, 1.165) is 25.7 Å². The van der Waals surface area contributed by atoms with E-state index in [0.29, 0.717) is 6.04 Å². The summed E-state index contributed by atoms with van der Waals surface area (Å²) in [6.07, 6.45) is 6.21. The zero-order valence-electron chi connectivity index (χ0n) is 6.34. The molecule has 2 N–H and O–H groups in total. The molecule has 0 atom stereocenters. The summed E-state index contributed by atoms with van der Waals surface area (Å²) in [4.78, 5) is 0. The highest BCUT2D eigenvalue weighted by Gasteiger charge is 2.17. The van der Waals surface area contributed by atoms with Crippen molar-refractivity contribution in [1.82, 2.24) is 4.72 Å². The SMILES string of the molecule is CSNC1CCC(O)CC1. The largest absolute Gasteiger partial charge is 0.393 e. The first-order valence-electron chi connectivity index (χ1n) is 3.79. The van der Waals surface area contributed by atoms with Crippen LogP contribution in [0.25, 0.3) is 0 Å². The van der Waals surface area contributed by atoms with Crippen LogP contribution in [-0.2, 0) is 0 Å². The molecule has 10 heavy (non-hydrogen) atoms. The fraction of sp³-hybridized carbons (Fsp3) is 1.00. The van der Waals surface area contributed by atoms with Gasteiger partial charge in [0.15, 0.2) is 0 Å². The molecule has 0 aromatic heterocycles. The Morgan fingerprint density at radius 1 is 1.30 bits per heavy atom. The molecule has 0 heterocycles. The van der Waals surface area contributed by atoms with Gasteiger partial charge in [0, 0.05) is 6.04 Å². The normalized spacial score (nSPS) is 34.2. The monoisotopic (exact) mass is 161 g/mol. The summed E-state index contributed by atoms with van der Waals surface area (Å²) >= 11 is 1.68. The van der Waals surface area contributed by atoms with Gasteiger partial charge in [-0.1, -0.05) is 11.9 Å². The molecule has 1 aliphatic rings. The standard InChI is InChI=1S/C7H15NOS/c1-10-8-6-2-4-7(9)5-3-6/h6-9H,2-5H2,1H3. The second kappa shape index (κ2) is 4.21. The minimum absolute atomic E-state index is 0.0279. The second-order valence-corrected chi connectivity index (χ2v) is 3.47. The Hall–Kier alpha value is 0.270. The average molecular weight is 161 g/mol. The third kappa shape index (κ3) is 2.48. The minimum Gasteiger partial charge on any atom is -0.393 e. The summed E-state index contributed by atoms with van der Waals surface area (Å²) in [5, 5.41) is 9.16. The Balaban J connectivity index is 2.13. The predicted molar refractivity (Wildman–Crippen MR) is 44.9 cm³/mol. The highest BCUT2D eigenvalue weighted by Crippen LogP contribution is 2.19. The number of aliphatic hydroxyl groups excluding tert-OH is 1. The fourth-order valence-corrected chi connectivity index (χ4v) is 1.93. The number of hydrogen-bond donors (Lipinski definition) is 2. The van der Waals surface area contributed by atoms with E-state index < -0.39 is 0 Å². The van der Waals surface area contributed by atoms with Crippen molar-refractivity contribution in [3.05, 3.63) is 0 Å². The van der Waals surface area contributed by atoms with Crippen LogP contribution in [-0.4, -0.2) is 23.5 Å². The van der Waals surface area contributed by atoms with Gasteiger partial charge in [-0.3, -0.25) is 4.72 Å². The Morgan fingerprint density at radius 3 is 2.40 bits per heavy atom. The Labute approximate surface area is 66.5 Å². The first kappa shape index (κ1) is 8.37. The maximum absolute atomic E-state index is 9.16. The van der Waals surface area contributed by atoms with Crippen molar-refractivity contribution in [2.24, 2.45) is 0 Å². The van der Waals surface area contributed by atoms with E-state index in [1.807, 2.05) is 6.26 Å². The van der Waals surface area contributed by atoms with Crippen molar-refractivity contribution in [1.29, 1.82) is 0 Å². The molecule has 1 rings (SSSR count). The third-order valence-corrected chi connectivity index (χ3v) is 2.55. The molecule has 0 aromatic carbocycles. The summed E-state index contributed by atoms with van der Waals surface area (Å²) in [5.41, 5.74) is 0. The molecule has 0 radical (unpaired) electrons. The molecule has 0 saturated heterocycles. The van der Waals surface area contributed by atoms with E-state index in [9.17, 15) is 0 Å². The Bertz CT molecular complexity index is 91.6. The molecular weight excluding hydrogens is 146 g/mol. The number of hydrogen-bond acceptors (Lipinski definition) is 3. The average Bonchev–Trinajstić information content (AvgIpc) is 1.95. The molecule has 0 amide bonds. The van der Waals surface area contributed by atoms with Crippen molar-refractivity contribution in [2.75, 3.05) is 6.26 Å². The van der Waals surface area contributed by atoms with Gasteiger partial charge < -0.3 is 5.11 Å². The van der Waals surface area contributed by atoms with Crippen LogP contribution in [0.2, 0.25) is 0 Å². The molecule has 0 aliphatic heterocycles. The van der Waals surface area contributed by atoms with Gasteiger partial charge in [-0.25, -0.2) is 0 Å². The van der Waals surface area contributed by atoms with Gasteiger partial charge in [0.05, 0.1) is 6.10 Å². The van der Waals surface area contributed by atoms with E-state index in [1.54, 1.807) is 11.9 Å². The van der Waals surface area contributed by atoms with Crippen LogP contribution in [0.5, 0.6) is 0 Å². The maximum Gasteiger partial charge on any atom is 0.0541 e. The molecule has 1 aliphatic carbocycles. The van der Waals surface area contributed by atoms with Gasteiger partial charge >= 0.3 is 0 Å². The van der Waals surface area contributed by atoms with E-state index in [2.05, 4.69) is 4.72 Å². The lowest BCUT2D eigenvalue weighted by Crippen LogP contribution is -2.30. The lowest BCUT2D eigenvalue weighted by atomic mass is 9.94. The van der Waals surface area contributed by atoms with Gasteiger partial charge in [0.25, 0.3) is 0 Å². The fourth-order valence-electron chi connectivity index (χ4n) is 1.36. The molecule has 0 unspecified atom stereocenters. The van der Waals surface area contributed by atoms with Crippen LogP contribution in [0, 0.1) is 0 Å². The number of rotatable bonds is 2. The summed E-state index contributed by atoms with van der Waals surface area (Å²) in [7, 11) is 0. The van der Waals surface area contributed by atoms with Crippen molar-refractivity contribution >= 4 is 11.9 Å². The van der Waals surface area contributed by atoms with Crippen LogP contribution in [0.4, 0.5) is 0 Å². The second-order valence-electron chi connectivity index (χ2n) is 2.83. The van der Waals surface area contributed by atoms with E-state index in [1.165, 1.54) is 0 Å². The third-order valence-electron chi connectivity index (χ3n) is 1.98. The van der Waals surface area contributed by atoms with Crippen LogP contribution < -0.4 is 4.72 Å². The Kier molecular flexibility index (Phi) is 3.52. The van der Waals surface area contributed by atoms with Gasteiger partial charge in [0.1, 0.15) is 0 Å². The van der Waals surface area contributed by atoms with Crippen LogP contribution in [0.1, 0.15) is 25.7 Å². The van der Waals surface area contributed by atoms with E-state index in [4.69, 9.17) is 5.11 Å². The zero-order chi connectivity index (χ0) is 7.40. The lowest BCUT2D eigenvalue weighted by Gasteiger charge is -2.25. The molecule has 0 spiro atoms. The van der Waals surface area contributed by atoms with Crippen molar-refractivity contribution < 1.29 is 5.11 Å². The summed E-state index contributed by atoms with van der Waals surface area (Å²) < 4.78 is 3.31. The quantitative estimate of drug-likeness (QED) is 0.596. The molecule has 3 heteroatoms. The van der Waals surface area contributed by atoms with Gasteiger partial charge in [-0.05, 0) is 31.9 Å². The predicted octanol–water partition coefficient (Wildman–Crippen LogP) is 1.16. The smallest absolute Gasteiger partial charge is 0.0541 e. The van der Waals surface area contributed by atoms with Gasteiger partial charge in [-0.2, -0.15) is 0 Å². The van der Waals surface area contributed by atoms with Gasteiger partial charge in [0.2, 0.25) is 0 Å². The van der Waals surface area contributed by atoms with Crippen LogP contribution in [0.15, 0.2) is 0 Å². The molecular formula is C7H15NOS. The van der Waals surface area contributed by atoms with Crippen molar-refractivity contribution in [3.8, 4) is 0 Å².